The molecule has 146 valence electrons. The van der Waals surface area contributed by atoms with E-state index in [0.29, 0.717) is 24.4 Å². The second kappa shape index (κ2) is 7.97. The maximum atomic E-state index is 13.2. The first kappa shape index (κ1) is 19.8. The van der Waals surface area contributed by atoms with Crippen molar-refractivity contribution in [2.45, 2.75) is 39.2 Å². The second-order valence-electron chi connectivity index (χ2n) is 7.32. The lowest BCUT2D eigenvalue weighted by molar-refractivity contribution is -0.139. The van der Waals surface area contributed by atoms with Gasteiger partial charge in [-0.2, -0.15) is 0 Å². The summed E-state index contributed by atoms with van der Waals surface area (Å²) >= 11 is 0. The van der Waals surface area contributed by atoms with Gasteiger partial charge in [0.2, 0.25) is 0 Å². The number of hydrogen-bond acceptors (Lipinski definition) is 3. The molecule has 1 atom stereocenters. The zero-order chi connectivity index (χ0) is 20.4. The lowest BCUT2D eigenvalue weighted by Crippen LogP contribution is -2.30. The Balaban J connectivity index is 2.14. The highest BCUT2D eigenvalue weighted by Gasteiger charge is 2.45. The van der Waals surface area contributed by atoms with E-state index in [1.54, 1.807) is 0 Å². The smallest absolute Gasteiger partial charge is 0.295 e. The molecule has 2 aromatic carbocycles. The minimum absolute atomic E-state index is 0.0438. The number of hydrogen-bond donors (Lipinski definition) is 1. The topological polar surface area (TPSA) is 57.6 Å². The molecule has 5 heteroatoms. The maximum Gasteiger partial charge on any atom is 0.295 e. The van der Waals surface area contributed by atoms with Crippen molar-refractivity contribution < 1.29 is 19.1 Å². The van der Waals surface area contributed by atoms with Crippen LogP contribution in [0.25, 0.3) is 5.76 Å². The number of likely N-dealkylation sites (tertiary alicyclic amines) is 1. The van der Waals surface area contributed by atoms with Gasteiger partial charge >= 0.3 is 0 Å². The fourth-order valence-corrected chi connectivity index (χ4v) is 3.52. The van der Waals surface area contributed by atoms with E-state index in [1.165, 1.54) is 29.2 Å². The molecule has 0 bridgehead atoms. The van der Waals surface area contributed by atoms with Crippen molar-refractivity contribution in [1.82, 2.24) is 4.90 Å². The number of aliphatic hydroxyl groups is 1. The zero-order valence-corrected chi connectivity index (χ0v) is 16.3. The Labute approximate surface area is 164 Å². The van der Waals surface area contributed by atoms with Crippen molar-refractivity contribution in [2.75, 3.05) is 6.54 Å². The molecule has 0 radical (unpaired) electrons. The third kappa shape index (κ3) is 3.57. The summed E-state index contributed by atoms with van der Waals surface area (Å²) in [7, 11) is 0. The van der Waals surface area contributed by atoms with E-state index in [0.717, 1.165) is 11.1 Å². The Morgan fingerprint density at radius 3 is 2.21 bits per heavy atom. The quantitative estimate of drug-likeness (QED) is 0.461. The molecule has 1 saturated heterocycles. The molecule has 0 spiro atoms. The third-order valence-electron chi connectivity index (χ3n) is 5.04. The minimum atomic E-state index is -0.715. The van der Waals surface area contributed by atoms with Crippen molar-refractivity contribution in [3.63, 3.8) is 0 Å². The Hall–Kier alpha value is -2.95. The predicted octanol–water partition coefficient (Wildman–Crippen LogP) is 4.78. The molecule has 1 heterocycles. The average Bonchev–Trinajstić information content (AvgIpc) is 2.93. The molecule has 4 nitrogen and oxygen atoms in total. The molecule has 0 aromatic heterocycles. The van der Waals surface area contributed by atoms with Gasteiger partial charge < -0.3 is 10.0 Å². The fraction of sp³-hybridized carbons (Fsp3) is 0.304. The molecule has 1 fully saturated rings. The highest BCUT2D eigenvalue weighted by molar-refractivity contribution is 6.46. The average molecular weight is 381 g/mol. The predicted molar refractivity (Wildman–Crippen MR) is 106 cm³/mol. The van der Waals surface area contributed by atoms with Crippen molar-refractivity contribution in [2.24, 2.45) is 0 Å². The van der Waals surface area contributed by atoms with Gasteiger partial charge in [0.25, 0.3) is 11.7 Å². The number of nitrogens with zero attached hydrogens (tertiary/aromatic N) is 1. The zero-order valence-electron chi connectivity index (χ0n) is 16.3. The highest BCUT2D eigenvalue weighted by atomic mass is 19.1. The van der Waals surface area contributed by atoms with Crippen LogP contribution in [0.5, 0.6) is 0 Å². The first-order valence-corrected chi connectivity index (χ1v) is 9.49. The molecular formula is C23H24FNO3. The van der Waals surface area contributed by atoms with E-state index in [2.05, 4.69) is 13.8 Å². The van der Waals surface area contributed by atoms with Gasteiger partial charge in [-0.25, -0.2) is 4.39 Å². The van der Waals surface area contributed by atoms with Crippen LogP contribution in [0.3, 0.4) is 0 Å². The lowest BCUT2D eigenvalue weighted by atomic mass is 9.93. The molecule has 1 aliphatic heterocycles. The van der Waals surface area contributed by atoms with E-state index in [-0.39, 0.29) is 11.3 Å². The van der Waals surface area contributed by atoms with Crippen LogP contribution in [0, 0.1) is 5.82 Å². The van der Waals surface area contributed by atoms with Gasteiger partial charge in [0, 0.05) is 12.1 Å². The van der Waals surface area contributed by atoms with Crippen molar-refractivity contribution in [1.29, 1.82) is 0 Å². The van der Waals surface area contributed by atoms with Gasteiger partial charge in [0.1, 0.15) is 11.6 Å². The second-order valence-corrected chi connectivity index (χ2v) is 7.32. The van der Waals surface area contributed by atoms with Crippen LogP contribution in [0.1, 0.15) is 55.8 Å². The van der Waals surface area contributed by atoms with Crippen molar-refractivity contribution in [3.8, 4) is 0 Å². The number of carbonyl (C=O) groups is 2. The first-order valence-electron chi connectivity index (χ1n) is 9.49. The van der Waals surface area contributed by atoms with E-state index in [4.69, 9.17) is 0 Å². The molecule has 1 aliphatic rings. The standard InChI is InChI=1S/C23H24FNO3/c1-4-13-25-20(16-7-5-15(6-8-16)14(2)3)19(22(27)23(25)28)21(26)17-9-11-18(24)12-10-17/h5-12,14,20,26H,4,13H2,1-3H3/b21-19-. The summed E-state index contributed by atoms with van der Waals surface area (Å²) in [4.78, 5) is 26.9. The largest absolute Gasteiger partial charge is 0.507 e. The molecule has 0 aliphatic carbocycles. The van der Waals surface area contributed by atoms with Crippen LogP contribution in [-0.2, 0) is 9.59 Å². The number of benzene rings is 2. The Morgan fingerprint density at radius 1 is 1.07 bits per heavy atom. The first-order chi connectivity index (χ1) is 13.3. The minimum Gasteiger partial charge on any atom is -0.507 e. The van der Waals surface area contributed by atoms with E-state index in [9.17, 15) is 19.1 Å². The monoisotopic (exact) mass is 381 g/mol. The normalized spacial score (nSPS) is 18.9. The van der Waals surface area contributed by atoms with Gasteiger partial charge in [0.15, 0.2) is 0 Å². The van der Waals surface area contributed by atoms with Crippen LogP contribution in [0.15, 0.2) is 54.1 Å². The number of carbonyl (C=O) groups excluding carboxylic acids is 2. The Bertz CT molecular complexity index is 914. The third-order valence-corrected chi connectivity index (χ3v) is 5.04. The summed E-state index contributed by atoms with van der Waals surface area (Å²) in [5.74, 6) is -1.70. The van der Waals surface area contributed by atoms with Crippen LogP contribution < -0.4 is 0 Å². The number of rotatable bonds is 5. The summed E-state index contributed by atoms with van der Waals surface area (Å²) < 4.78 is 13.2. The van der Waals surface area contributed by atoms with E-state index >= 15 is 0 Å². The number of ketones is 1. The molecule has 2 aromatic rings. The Morgan fingerprint density at radius 2 is 1.68 bits per heavy atom. The summed E-state index contributed by atoms with van der Waals surface area (Å²) in [6.45, 7) is 6.51. The van der Waals surface area contributed by atoms with Crippen LogP contribution in [0.2, 0.25) is 0 Å². The summed E-state index contributed by atoms with van der Waals surface area (Å²) in [5, 5.41) is 10.8. The van der Waals surface area contributed by atoms with Gasteiger partial charge in [-0.15, -0.1) is 0 Å². The van der Waals surface area contributed by atoms with Crippen LogP contribution in [0.4, 0.5) is 4.39 Å². The SMILES string of the molecule is CCCN1C(=O)C(=O)/C(=C(\O)c2ccc(F)cc2)C1c1ccc(C(C)C)cc1. The van der Waals surface area contributed by atoms with Gasteiger partial charge in [0.05, 0.1) is 11.6 Å². The van der Waals surface area contributed by atoms with Crippen LogP contribution in [-0.4, -0.2) is 28.2 Å². The van der Waals surface area contributed by atoms with Crippen molar-refractivity contribution in [3.05, 3.63) is 76.6 Å². The molecule has 1 amide bonds. The maximum absolute atomic E-state index is 13.2. The Kier molecular flexibility index (Phi) is 5.63. The van der Waals surface area contributed by atoms with E-state index < -0.39 is 23.5 Å². The number of halogens is 1. The van der Waals surface area contributed by atoms with E-state index in [1.807, 2.05) is 31.2 Å². The van der Waals surface area contributed by atoms with Gasteiger partial charge in [-0.3, -0.25) is 9.59 Å². The number of amides is 1. The molecular weight excluding hydrogens is 357 g/mol. The van der Waals surface area contributed by atoms with Gasteiger partial charge in [-0.1, -0.05) is 45.0 Å². The summed E-state index contributed by atoms with van der Waals surface area (Å²) in [6.07, 6.45) is 0.685. The molecule has 3 rings (SSSR count). The lowest BCUT2D eigenvalue weighted by Gasteiger charge is -2.25. The molecule has 0 saturated carbocycles. The summed E-state index contributed by atoms with van der Waals surface area (Å²) in [6, 6.07) is 12.3. The fourth-order valence-electron chi connectivity index (χ4n) is 3.52. The van der Waals surface area contributed by atoms with Gasteiger partial charge in [-0.05, 0) is 47.7 Å². The molecule has 1 N–H and O–H groups in total. The van der Waals surface area contributed by atoms with Crippen molar-refractivity contribution >= 4 is 17.4 Å². The summed E-state index contributed by atoms with van der Waals surface area (Å²) in [5.41, 5.74) is 2.26. The van der Waals surface area contributed by atoms with Crippen LogP contribution >= 0.6 is 0 Å². The highest BCUT2D eigenvalue weighted by Crippen LogP contribution is 2.39. The molecule has 1 unspecified atom stereocenters. The number of aliphatic hydroxyl groups excluding tert-OH is 1. The number of Topliss-reactive ketones (excluding diaryl/α,β-unsaturated/α-hetero) is 1. The molecule has 28 heavy (non-hydrogen) atoms.